The minimum atomic E-state index is -0.899. The van der Waals surface area contributed by atoms with Gasteiger partial charge in [0.25, 0.3) is 0 Å². The van der Waals surface area contributed by atoms with Crippen molar-refractivity contribution in [1.29, 1.82) is 0 Å². The van der Waals surface area contributed by atoms with Crippen LogP contribution in [0.4, 0.5) is 5.69 Å². The first kappa shape index (κ1) is 20.5. The van der Waals surface area contributed by atoms with E-state index in [1.54, 1.807) is 48.5 Å². The Hall–Kier alpha value is -3.81. The van der Waals surface area contributed by atoms with Crippen molar-refractivity contribution in [2.24, 2.45) is 5.10 Å². The van der Waals surface area contributed by atoms with Crippen molar-refractivity contribution in [2.45, 2.75) is 0 Å². The number of methoxy groups -OCH3 is 2. The second-order valence-corrected chi connectivity index (χ2v) is 5.39. The Morgan fingerprint density at radius 1 is 1.04 bits per heavy atom. The maximum atomic E-state index is 11.9. The quantitative estimate of drug-likeness (QED) is 0.316. The van der Waals surface area contributed by atoms with E-state index in [9.17, 15) is 9.59 Å². The molecule has 8 nitrogen and oxygen atoms in total. The van der Waals surface area contributed by atoms with Gasteiger partial charge in [0.2, 0.25) is 0 Å². The highest BCUT2D eigenvalue weighted by molar-refractivity contribution is 6.39. The van der Waals surface area contributed by atoms with Crippen molar-refractivity contribution in [1.82, 2.24) is 5.43 Å². The average Bonchev–Trinajstić information content (AvgIpc) is 2.72. The first-order valence-electron chi connectivity index (χ1n) is 8.27. The maximum Gasteiger partial charge on any atom is 0.329 e. The van der Waals surface area contributed by atoms with Gasteiger partial charge in [0.05, 0.1) is 20.4 Å². The van der Waals surface area contributed by atoms with Crippen molar-refractivity contribution in [2.75, 3.05) is 26.1 Å². The maximum absolute atomic E-state index is 11.9. The van der Waals surface area contributed by atoms with E-state index in [0.29, 0.717) is 35.1 Å². The van der Waals surface area contributed by atoms with Crippen LogP contribution in [0.5, 0.6) is 17.2 Å². The number of nitrogens with zero attached hydrogens (tertiary/aromatic N) is 1. The molecule has 0 saturated heterocycles. The molecule has 0 fully saturated rings. The van der Waals surface area contributed by atoms with E-state index >= 15 is 0 Å². The van der Waals surface area contributed by atoms with Crippen LogP contribution >= 0.6 is 0 Å². The van der Waals surface area contributed by atoms with Crippen LogP contribution in [0.3, 0.4) is 0 Å². The molecule has 0 aromatic heterocycles. The second kappa shape index (κ2) is 10.4. The molecule has 0 atom stereocenters. The van der Waals surface area contributed by atoms with E-state index in [-0.39, 0.29) is 0 Å². The summed E-state index contributed by atoms with van der Waals surface area (Å²) in [6.45, 7) is 3.94. The van der Waals surface area contributed by atoms with E-state index in [2.05, 4.69) is 22.4 Å². The Balaban J connectivity index is 1.89. The summed E-state index contributed by atoms with van der Waals surface area (Å²) >= 11 is 0. The number of hydrogen-bond donors (Lipinski definition) is 2. The predicted octanol–water partition coefficient (Wildman–Crippen LogP) is 2.36. The third-order valence-corrected chi connectivity index (χ3v) is 3.47. The van der Waals surface area contributed by atoms with Gasteiger partial charge >= 0.3 is 11.8 Å². The first-order valence-corrected chi connectivity index (χ1v) is 8.27. The highest BCUT2D eigenvalue weighted by atomic mass is 16.5. The van der Waals surface area contributed by atoms with Gasteiger partial charge in [0.15, 0.2) is 11.5 Å². The number of carbonyl (C=O) groups excluding carboxylic acids is 2. The topological polar surface area (TPSA) is 98.2 Å². The van der Waals surface area contributed by atoms with Crippen LogP contribution in [0.25, 0.3) is 0 Å². The van der Waals surface area contributed by atoms with Gasteiger partial charge in [-0.25, -0.2) is 5.43 Å². The minimum Gasteiger partial charge on any atom is -0.493 e. The van der Waals surface area contributed by atoms with Gasteiger partial charge in [-0.3, -0.25) is 9.59 Å². The lowest BCUT2D eigenvalue weighted by Crippen LogP contribution is -2.32. The molecule has 0 heterocycles. The fourth-order valence-electron chi connectivity index (χ4n) is 2.13. The smallest absolute Gasteiger partial charge is 0.329 e. The molecule has 2 amide bonds. The highest BCUT2D eigenvalue weighted by Gasteiger charge is 2.13. The molecule has 0 unspecified atom stereocenters. The number of nitrogens with one attached hydrogen (secondary N) is 2. The van der Waals surface area contributed by atoms with Gasteiger partial charge in [0.1, 0.15) is 12.4 Å². The largest absolute Gasteiger partial charge is 0.493 e. The van der Waals surface area contributed by atoms with Crippen LogP contribution in [0.2, 0.25) is 0 Å². The molecule has 146 valence electrons. The lowest BCUT2D eigenvalue weighted by molar-refractivity contribution is -0.136. The van der Waals surface area contributed by atoms with E-state index < -0.39 is 11.8 Å². The summed E-state index contributed by atoms with van der Waals surface area (Å²) in [5, 5.41) is 6.24. The Bertz CT molecular complexity index is 863. The molecule has 2 N–H and O–H groups in total. The Morgan fingerprint density at radius 2 is 1.75 bits per heavy atom. The van der Waals surface area contributed by atoms with E-state index in [1.807, 2.05) is 0 Å². The average molecular weight is 383 g/mol. The fraction of sp³-hybridized carbons (Fsp3) is 0.150. The molecule has 0 radical (unpaired) electrons. The molecule has 0 aliphatic rings. The van der Waals surface area contributed by atoms with Crippen molar-refractivity contribution in [3.63, 3.8) is 0 Å². The van der Waals surface area contributed by atoms with Gasteiger partial charge in [0, 0.05) is 5.69 Å². The van der Waals surface area contributed by atoms with E-state index in [0.717, 1.165) is 0 Å². The molecular weight excluding hydrogens is 362 g/mol. The first-order chi connectivity index (χ1) is 13.6. The fourth-order valence-corrected chi connectivity index (χ4v) is 2.13. The molecule has 0 spiro atoms. The number of ether oxygens (including phenoxy) is 3. The summed E-state index contributed by atoms with van der Waals surface area (Å²) in [6, 6.07) is 11.7. The second-order valence-electron chi connectivity index (χ2n) is 5.39. The normalized spacial score (nSPS) is 10.2. The molecule has 28 heavy (non-hydrogen) atoms. The van der Waals surface area contributed by atoms with E-state index in [1.165, 1.54) is 20.4 Å². The molecule has 0 saturated carbocycles. The van der Waals surface area contributed by atoms with Crippen LogP contribution < -0.4 is 25.0 Å². The Kier molecular flexibility index (Phi) is 7.59. The van der Waals surface area contributed by atoms with Gasteiger partial charge in [-0.1, -0.05) is 12.7 Å². The van der Waals surface area contributed by atoms with Gasteiger partial charge < -0.3 is 19.5 Å². The van der Waals surface area contributed by atoms with Crippen LogP contribution in [-0.4, -0.2) is 38.9 Å². The monoisotopic (exact) mass is 383 g/mol. The van der Waals surface area contributed by atoms with Crippen LogP contribution in [0, 0.1) is 0 Å². The van der Waals surface area contributed by atoms with Crippen molar-refractivity contribution >= 4 is 23.7 Å². The lowest BCUT2D eigenvalue weighted by atomic mass is 10.2. The summed E-state index contributed by atoms with van der Waals surface area (Å²) in [5.41, 5.74) is 3.28. The molecule has 8 heteroatoms. The van der Waals surface area contributed by atoms with Crippen LogP contribution in [-0.2, 0) is 9.59 Å². The van der Waals surface area contributed by atoms with Crippen molar-refractivity contribution in [3.8, 4) is 17.2 Å². The summed E-state index contributed by atoms with van der Waals surface area (Å²) in [5.74, 6) is -0.0187. The predicted molar refractivity (Wildman–Crippen MR) is 106 cm³/mol. The molecule has 0 bridgehead atoms. The summed E-state index contributed by atoms with van der Waals surface area (Å²) in [7, 11) is 3.05. The molecule has 0 aliphatic carbocycles. The van der Waals surface area contributed by atoms with Crippen LogP contribution in [0.1, 0.15) is 5.56 Å². The Morgan fingerprint density at radius 3 is 2.39 bits per heavy atom. The molecule has 2 aromatic rings. The number of carbonyl (C=O) groups is 2. The minimum absolute atomic E-state index is 0.381. The SMILES string of the molecule is C=CCOc1ccc(NC(=O)C(=O)N/N=C\c2ccc(OC)c(OC)c2)cc1. The van der Waals surface area contributed by atoms with E-state index in [4.69, 9.17) is 14.2 Å². The zero-order chi connectivity index (χ0) is 20.4. The van der Waals surface area contributed by atoms with Gasteiger partial charge in [-0.05, 0) is 48.0 Å². The Labute approximate surface area is 162 Å². The number of hydrogen-bond acceptors (Lipinski definition) is 6. The summed E-state index contributed by atoms with van der Waals surface area (Å²) < 4.78 is 15.7. The summed E-state index contributed by atoms with van der Waals surface area (Å²) in [4.78, 5) is 23.8. The third kappa shape index (κ3) is 5.87. The number of benzene rings is 2. The number of amides is 2. The number of anilines is 1. The van der Waals surface area contributed by atoms with Crippen molar-refractivity contribution in [3.05, 3.63) is 60.7 Å². The lowest BCUT2D eigenvalue weighted by Gasteiger charge is -2.07. The number of hydrazone groups is 1. The van der Waals surface area contributed by atoms with Crippen molar-refractivity contribution < 1.29 is 23.8 Å². The van der Waals surface area contributed by atoms with Crippen LogP contribution in [0.15, 0.2) is 60.2 Å². The third-order valence-electron chi connectivity index (χ3n) is 3.47. The number of rotatable bonds is 8. The molecule has 2 aromatic carbocycles. The highest BCUT2D eigenvalue weighted by Crippen LogP contribution is 2.26. The zero-order valence-electron chi connectivity index (χ0n) is 15.6. The molecular formula is C20H21N3O5. The molecule has 0 aliphatic heterocycles. The van der Waals surface area contributed by atoms with Gasteiger partial charge in [-0.2, -0.15) is 5.10 Å². The summed E-state index contributed by atoms with van der Waals surface area (Å²) in [6.07, 6.45) is 3.02. The standard InChI is InChI=1S/C20H21N3O5/c1-4-11-28-16-8-6-15(7-9-16)22-19(24)20(25)23-21-13-14-5-10-17(26-2)18(12-14)27-3/h4-10,12-13H,1,11H2,2-3H3,(H,22,24)(H,23,25)/b21-13-. The zero-order valence-corrected chi connectivity index (χ0v) is 15.6. The van der Waals surface area contributed by atoms with Gasteiger partial charge in [-0.15, -0.1) is 0 Å². The molecule has 2 rings (SSSR count).